The summed E-state index contributed by atoms with van der Waals surface area (Å²) in [6.07, 6.45) is 8.51. The first-order valence-corrected chi connectivity index (χ1v) is 5.29. The first-order valence-electron chi connectivity index (χ1n) is 5.29. The van der Waals surface area contributed by atoms with E-state index in [-0.39, 0.29) is 0 Å². The van der Waals surface area contributed by atoms with E-state index < -0.39 is 0 Å². The van der Waals surface area contributed by atoms with Gasteiger partial charge in [0.2, 0.25) is 0 Å². The summed E-state index contributed by atoms with van der Waals surface area (Å²) < 4.78 is 1.79. The molecule has 82 valence electrons. The Labute approximate surface area is 94.7 Å². The first-order chi connectivity index (χ1) is 7.81. The van der Waals surface area contributed by atoms with Crippen molar-refractivity contribution in [3.8, 4) is 12.3 Å². The number of aryl methyl sites for hydroxylation is 1. The molecule has 2 aromatic heterocycles. The Morgan fingerprint density at radius 2 is 2.38 bits per heavy atom. The van der Waals surface area contributed by atoms with Crippen LogP contribution in [-0.2, 0) is 0 Å². The molecule has 4 nitrogen and oxygen atoms in total. The minimum Gasteiger partial charge on any atom is -0.370 e. The molecule has 0 saturated heterocycles. The largest absolute Gasteiger partial charge is 0.370 e. The van der Waals surface area contributed by atoms with E-state index >= 15 is 0 Å². The van der Waals surface area contributed by atoms with Crippen molar-refractivity contribution in [3.05, 3.63) is 24.0 Å². The third kappa shape index (κ3) is 2.14. The predicted octanol–water partition coefficient (Wildman–Crippen LogP) is 1.86. The van der Waals surface area contributed by atoms with Gasteiger partial charge in [-0.15, -0.1) is 12.3 Å². The summed E-state index contributed by atoms with van der Waals surface area (Å²) in [4.78, 5) is 4.16. The molecular weight excluding hydrogens is 200 g/mol. The smallest absolute Gasteiger partial charge is 0.157 e. The van der Waals surface area contributed by atoms with E-state index in [0.29, 0.717) is 0 Å². The maximum absolute atomic E-state index is 5.20. The summed E-state index contributed by atoms with van der Waals surface area (Å²) >= 11 is 0. The number of unbranched alkanes of at least 4 members (excludes halogenated alkanes) is 1. The Morgan fingerprint density at radius 1 is 1.50 bits per heavy atom. The average molecular weight is 214 g/mol. The van der Waals surface area contributed by atoms with E-state index in [0.717, 1.165) is 30.9 Å². The number of nitrogens with one attached hydrogen (secondary N) is 1. The molecule has 16 heavy (non-hydrogen) atoms. The lowest BCUT2D eigenvalue weighted by atomic mass is 10.3. The molecule has 2 heterocycles. The molecule has 0 aliphatic heterocycles. The minimum absolute atomic E-state index is 0.791. The highest BCUT2D eigenvalue weighted by Gasteiger charge is 2.02. The Bertz CT molecular complexity index is 521. The van der Waals surface area contributed by atoms with Gasteiger partial charge in [0.1, 0.15) is 12.1 Å². The number of fused-ring (bicyclic) bond motifs is 1. The lowest BCUT2D eigenvalue weighted by molar-refractivity contribution is 0.877. The van der Waals surface area contributed by atoms with Crippen molar-refractivity contribution in [2.24, 2.45) is 0 Å². The van der Waals surface area contributed by atoms with Crippen LogP contribution in [0.15, 0.2) is 18.5 Å². The zero-order valence-electron chi connectivity index (χ0n) is 9.27. The lowest BCUT2D eigenvalue weighted by Crippen LogP contribution is -2.06. The quantitative estimate of drug-likeness (QED) is 0.624. The monoisotopic (exact) mass is 214 g/mol. The fourth-order valence-corrected chi connectivity index (χ4v) is 1.59. The van der Waals surface area contributed by atoms with Gasteiger partial charge in [-0.3, -0.25) is 0 Å². The normalized spacial score (nSPS) is 10.2. The Hall–Kier alpha value is -2.02. The topological polar surface area (TPSA) is 42.2 Å². The molecular formula is C12H14N4. The van der Waals surface area contributed by atoms with Crippen molar-refractivity contribution in [2.45, 2.75) is 19.8 Å². The maximum Gasteiger partial charge on any atom is 0.157 e. The number of hydrogen-bond acceptors (Lipinski definition) is 3. The van der Waals surface area contributed by atoms with Crippen LogP contribution in [0.5, 0.6) is 0 Å². The second kappa shape index (κ2) is 4.67. The number of rotatable bonds is 4. The highest BCUT2D eigenvalue weighted by Crippen LogP contribution is 2.12. The summed E-state index contributed by atoms with van der Waals surface area (Å²) in [6, 6.07) is 4.05. The van der Waals surface area contributed by atoms with E-state index in [2.05, 4.69) is 27.4 Å². The van der Waals surface area contributed by atoms with Crippen molar-refractivity contribution >= 4 is 11.5 Å². The highest BCUT2D eigenvalue weighted by atomic mass is 15.3. The molecule has 1 N–H and O–H groups in total. The molecule has 0 amide bonds. The second-order valence-corrected chi connectivity index (χ2v) is 3.68. The van der Waals surface area contributed by atoms with Crippen LogP contribution in [0, 0.1) is 19.3 Å². The van der Waals surface area contributed by atoms with Gasteiger partial charge in [0.25, 0.3) is 0 Å². The van der Waals surface area contributed by atoms with Crippen molar-refractivity contribution in [2.75, 3.05) is 11.9 Å². The lowest BCUT2D eigenvalue weighted by Gasteiger charge is -2.08. The molecule has 0 saturated carbocycles. The molecule has 0 radical (unpaired) electrons. The summed E-state index contributed by atoms with van der Waals surface area (Å²) in [5.41, 5.74) is 2.03. The minimum atomic E-state index is 0.791. The predicted molar refractivity (Wildman–Crippen MR) is 64.3 cm³/mol. The molecule has 0 unspecified atom stereocenters. The van der Waals surface area contributed by atoms with Crippen molar-refractivity contribution < 1.29 is 0 Å². The van der Waals surface area contributed by atoms with E-state index in [1.165, 1.54) is 5.56 Å². The van der Waals surface area contributed by atoms with Gasteiger partial charge in [-0.1, -0.05) is 0 Å². The average Bonchev–Trinajstić information content (AvgIpc) is 2.72. The van der Waals surface area contributed by atoms with Gasteiger partial charge in [-0.2, -0.15) is 9.61 Å². The number of pyridine rings is 1. The van der Waals surface area contributed by atoms with Crippen LogP contribution in [0.3, 0.4) is 0 Å². The molecule has 0 atom stereocenters. The molecule has 0 spiro atoms. The van der Waals surface area contributed by atoms with Crippen molar-refractivity contribution in [1.29, 1.82) is 0 Å². The molecule has 2 rings (SSSR count). The second-order valence-electron chi connectivity index (χ2n) is 3.68. The zero-order chi connectivity index (χ0) is 11.4. The molecule has 0 bridgehead atoms. The third-order valence-corrected chi connectivity index (χ3v) is 2.33. The first kappa shape index (κ1) is 10.5. The van der Waals surface area contributed by atoms with Gasteiger partial charge >= 0.3 is 0 Å². The number of nitrogens with zero attached hydrogens (tertiary/aromatic N) is 3. The third-order valence-electron chi connectivity index (χ3n) is 2.33. The van der Waals surface area contributed by atoms with Crippen LogP contribution < -0.4 is 5.32 Å². The molecule has 0 fully saturated rings. The zero-order valence-corrected chi connectivity index (χ0v) is 9.27. The van der Waals surface area contributed by atoms with Gasteiger partial charge in [-0.05, 0) is 31.0 Å². The molecule has 0 aliphatic rings. The van der Waals surface area contributed by atoms with E-state index in [9.17, 15) is 0 Å². The standard InChI is InChI=1S/C12H14N4/c1-3-4-5-6-13-11-7-10(2)8-12-14-9-15-16(11)12/h1,7-9,13H,4-6H2,2H3. The number of terminal acetylenes is 1. The fraction of sp³-hybridized carbons (Fsp3) is 0.333. The maximum atomic E-state index is 5.20. The van der Waals surface area contributed by atoms with Crippen LogP contribution in [0.1, 0.15) is 18.4 Å². The number of anilines is 1. The fourth-order valence-electron chi connectivity index (χ4n) is 1.59. The molecule has 2 aromatic rings. The van der Waals surface area contributed by atoms with Gasteiger partial charge in [0.15, 0.2) is 5.65 Å². The Morgan fingerprint density at radius 3 is 3.19 bits per heavy atom. The molecule has 0 aliphatic carbocycles. The number of aromatic nitrogens is 3. The van der Waals surface area contributed by atoms with Crippen LogP contribution in [0.2, 0.25) is 0 Å². The molecule has 0 aromatic carbocycles. The molecule has 4 heteroatoms. The Balaban J connectivity index is 2.16. The van der Waals surface area contributed by atoms with Gasteiger partial charge in [0, 0.05) is 13.0 Å². The van der Waals surface area contributed by atoms with E-state index in [1.807, 2.05) is 13.0 Å². The summed E-state index contributed by atoms with van der Waals surface area (Å²) in [5, 5.41) is 7.48. The van der Waals surface area contributed by atoms with Gasteiger partial charge in [-0.25, -0.2) is 4.98 Å². The summed E-state index contributed by atoms with van der Waals surface area (Å²) in [7, 11) is 0. The van der Waals surface area contributed by atoms with Crippen LogP contribution >= 0.6 is 0 Å². The van der Waals surface area contributed by atoms with Gasteiger partial charge in [0.05, 0.1) is 0 Å². The van der Waals surface area contributed by atoms with Gasteiger partial charge < -0.3 is 5.32 Å². The van der Waals surface area contributed by atoms with Crippen molar-refractivity contribution in [3.63, 3.8) is 0 Å². The highest BCUT2D eigenvalue weighted by molar-refractivity contribution is 5.51. The summed E-state index contributed by atoms with van der Waals surface area (Å²) in [6.45, 7) is 2.89. The number of hydrogen-bond donors (Lipinski definition) is 1. The van der Waals surface area contributed by atoms with Crippen molar-refractivity contribution in [1.82, 2.24) is 14.6 Å². The van der Waals surface area contributed by atoms with E-state index in [4.69, 9.17) is 6.42 Å². The SMILES string of the molecule is C#CCCCNc1cc(C)cc2ncnn12. The van der Waals surface area contributed by atoms with Crippen LogP contribution in [0.4, 0.5) is 5.82 Å². The van der Waals surface area contributed by atoms with Crippen LogP contribution in [0.25, 0.3) is 5.65 Å². The summed E-state index contributed by atoms with van der Waals surface area (Å²) in [5.74, 6) is 3.59. The van der Waals surface area contributed by atoms with Crippen LogP contribution in [-0.4, -0.2) is 21.1 Å². The van der Waals surface area contributed by atoms with E-state index in [1.54, 1.807) is 10.8 Å². The Kier molecular flexibility index (Phi) is 3.06.